The first-order chi connectivity index (χ1) is 14.3. The first-order valence-electron chi connectivity index (χ1n) is 9.82. The molecule has 0 saturated heterocycles. The Bertz CT molecular complexity index is 1230. The summed E-state index contributed by atoms with van der Waals surface area (Å²) in [4.78, 5) is 39.0. The van der Waals surface area contributed by atoms with E-state index in [0.717, 1.165) is 11.1 Å². The van der Waals surface area contributed by atoms with Gasteiger partial charge in [-0.25, -0.2) is 0 Å². The van der Waals surface area contributed by atoms with Gasteiger partial charge < -0.3 is 5.32 Å². The number of carbonyl (C=O) groups excluding carboxylic acids is 2. The molecular formula is C24H21ClN2O3. The van der Waals surface area contributed by atoms with Crippen molar-refractivity contribution in [3.8, 4) is 5.69 Å². The van der Waals surface area contributed by atoms with Gasteiger partial charge in [0, 0.05) is 23.4 Å². The summed E-state index contributed by atoms with van der Waals surface area (Å²) < 4.78 is 1.50. The number of nitrogens with zero attached hydrogens (tertiary/aromatic N) is 1. The third-order valence-electron chi connectivity index (χ3n) is 5.33. The number of hydrogen-bond acceptors (Lipinski definition) is 3. The van der Waals surface area contributed by atoms with Crippen LogP contribution in [0.25, 0.3) is 5.69 Å². The molecule has 1 aromatic heterocycles. The van der Waals surface area contributed by atoms with Crippen molar-refractivity contribution in [2.75, 3.05) is 5.32 Å². The predicted octanol–water partition coefficient (Wildman–Crippen LogP) is 4.88. The molecule has 30 heavy (non-hydrogen) atoms. The molecule has 1 heterocycles. The van der Waals surface area contributed by atoms with Crippen molar-refractivity contribution in [3.05, 3.63) is 91.9 Å². The summed E-state index contributed by atoms with van der Waals surface area (Å²) in [7, 11) is 0. The molecule has 6 heteroatoms. The Hall–Kier alpha value is -3.18. The molecule has 4 rings (SSSR count). The van der Waals surface area contributed by atoms with Crippen LogP contribution in [0.1, 0.15) is 50.4 Å². The number of amides is 1. The quantitative estimate of drug-likeness (QED) is 0.656. The van der Waals surface area contributed by atoms with Gasteiger partial charge in [0.25, 0.3) is 11.5 Å². The monoisotopic (exact) mass is 420 g/mol. The van der Waals surface area contributed by atoms with Crippen LogP contribution in [0, 0.1) is 13.8 Å². The van der Waals surface area contributed by atoms with Gasteiger partial charge in [-0.15, -0.1) is 0 Å². The highest BCUT2D eigenvalue weighted by Crippen LogP contribution is 2.26. The van der Waals surface area contributed by atoms with Gasteiger partial charge >= 0.3 is 0 Å². The maximum absolute atomic E-state index is 13.4. The molecule has 0 bridgehead atoms. The zero-order valence-electron chi connectivity index (χ0n) is 16.8. The Morgan fingerprint density at radius 1 is 0.967 bits per heavy atom. The van der Waals surface area contributed by atoms with Gasteiger partial charge in [-0.1, -0.05) is 35.4 Å². The van der Waals surface area contributed by atoms with Crippen LogP contribution in [0.4, 0.5) is 5.69 Å². The first-order valence-corrected chi connectivity index (χ1v) is 10.2. The number of Topliss-reactive ketones (excluding diaryl/α,β-unsaturated/α-hetero) is 1. The SMILES string of the molecule is Cc1ccc(-n2c3c(cc(C(=O)Nc4ccc(C)cc4Cl)c2=O)C(=O)CCC3)cc1. The number of hydrogen-bond donors (Lipinski definition) is 1. The summed E-state index contributed by atoms with van der Waals surface area (Å²) >= 11 is 6.23. The van der Waals surface area contributed by atoms with Gasteiger partial charge in [0.1, 0.15) is 5.56 Å². The Balaban J connectivity index is 1.86. The Labute approximate surface area is 179 Å². The molecule has 1 N–H and O–H groups in total. The minimum absolute atomic E-state index is 0.0560. The van der Waals surface area contributed by atoms with E-state index in [4.69, 9.17) is 11.6 Å². The molecule has 2 aromatic carbocycles. The third-order valence-corrected chi connectivity index (χ3v) is 5.64. The molecule has 0 spiro atoms. The molecule has 0 saturated carbocycles. The zero-order valence-corrected chi connectivity index (χ0v) is 17.5. The van der Waals surface area contributed by atoms with E-state index in [1.165, 1.54) is 10.6 Å². The maximum atomic E-state index is 13.4. The van der Waals surface area contributed by atoms with Crippen LogP contribution in [-0.2, 0) is 6.42 Å². The van der Waals surface area contributed by atoms with Crippen LogP contribution in [0.2, 0.25) is 5.02 Å². The Morgan fingerprint density at radius 2 is 1.67 bits per heavy atom. The summed E-state index contributed by atoms with van der Waals surface area (Å²) in [5.41, 5.74) is 3.62. The lowest BCUT2D eigenvalue weighted by Crippen LogP contribution is -2.33. The number of aromatic nitrogens is 1. The Kier molecular flexibility index (Phi) is 5.31. The van der Waals surface area contributed by atoms with Crippen LogP contribution < -0.4 is 10.9 Å². The predicted molar refractivity (Wildman–Crippen MR) is 118 cm³/mol. The number of rotatable bonds is 3. The fourth-order valence-electron chi connectivity index (χ4n) is 3.73. The summed E-state index contributed by atoms with van der Waals surface area (Å²) in [6.07, 6.45) is 1.70. The summed E-state index contributed by atoms with van der Waals surface area (Å²) in [5, 5.41) is 3.09. The average Bonchev–Trinajstić information content (AvgIpc) is 2.71. The number of halogens is 1. The standard InChI is InChI=1S/C24H21ClN2O3/c1-14-6-9-16(10-7-14)27-21-4-3-5-22(28)17(21)13-18(24(27)30)23(29)26-20-11-8-15(2)12-19(20)25/h6-13H,3-5H2,1-2H3,(H,26,29). The highest BCUT2D eigenvalue weighted by Gasteiger charge is 2.26. The normalized spacial score (nSPS) is 13.1. The van der Waals surface area contributed by atoms with E-state index in [2.05, 4.69) is 5.32 Å². The number of pyridine rings is 1. The molecule has 1 aliphatic rings. The molecule has 152 valence electrons. The number of ketones is 1. The minimum Gasteiger partial charge on any atom is -0.320 e. The lowest BCUT2D eigenvalue weighted by atomic mass is 9.92. The topological polar surface area (TPSA) is 68.2 Å². The number of fused-ring (bicyclic) bond motifs is 1. The van der Waals surface area contributed by atoms with Crippen molar-refractivity contribution >= 4 is 29.0 Å². The van der Waals surface area contributed by atoms with E-state index in [9.17, 15) is 14.4 Å². The van der Waals surface area contributed by atoms with Crippen LogP contribution in [0.3, 0.4) is 0 Å². The number of carbonyl (C=O) groups is 2. The molecule has 0 aliphatic heterocycles. The van der Waals surface area contributed by atoms with Gasteiger partial charge in [0.15, 0.2) is 5.78 Å². The molecular weight excluding hydrogens is 400 g/mol. The largest absolute Gasteiger partial charge is 0.320 e. The van der Waals surface area contributed by atoms with Gasteiger partial charge in [0.2, 0.25) is 0 Å². The van der Waals surface area contributed by atoms with Crippen molar-refractivity contribution in [2.24, 2.45) is 0 Å². The van der Waals surface area contributed by atoms with Gasteiger partial charge in [-0.05, 0) is 62.6 Å². The summed E-state index contributed by atoms with van der Waals surface area (Å²) in [6.45, 7) is 3.85. The van der Waals surface area contributed by atoms with E-state index < -0.39 is 11.5 Å². The third kappa shape index (κ3) is 3.68. The number of anilines is 1. The van der Waals surface area contributed by atoms with E-state index in [1.54, 1.807) is 12.1 Å². The first kappa shape index (κ1) is 20.1. The second-order valence-corrected chi connectivity index (χ2v) is 8.02. The number of aryl methyl sites for hydroxylation is 2. The highest BCUT2D eigenvalue weighted by atomic mass is 35.5. The van der Waals surface area contributed by atoms with Crippen LogP contribution in [0.5, 0.6) is 0 Å². The van der Waals surface area contributed by atoms with E-state index >= 15 is 0 Å². The fourth-order valence-corrected chi connectivity index (χ4v) is 4.01. The Morgan fingerprint density at radius 3 is 2.37 bits per heavy atom. The average molecular weight is 421 g/mol. The molecule has 3 aromatic rings. The van der Waals surface area contributed by atoms with Crippen LogP contribution in [-0.4, -0.2) is 16.3 Å². The van der Waals surface area contributed by atoms with E-state index in [0.29, 0.717) is 46.9 Å². The maximum Gasteiger partial charge on any atom is 0.268 e. The molecule has 0 radical (unpaired) electrons. The van der Waals surface area contributed by atoms with Crippen molar-refractivity contribution < 1.29 is 9.59 Å². The van der Waals surface area contributed by atoms with E-state index in [-0.39, 0.29) is 11.3 Å². The van der Waals surface area contributed by atoms with Crippen LogP contribution >= 0.6 is 11.6 Å². The lowest BCUT2D eigenvalue weighted by Gasteiger charge is -2.22. The fraction of sp³-hybridized carbons (Fsp3) is 0.208. The molecule has 0 atom stereocenters. The smallest absolute Gasteiger partial charge is 0.268 e. The van der Waals surface area contributed by atoms with Crippen molar-refractivity contribution in [1.82, 2.24) is 4.57 Å². The van der Waals surface area contributed by atoms with Crippen molar-refractivity contribution in [3.63, 3.8) is 0 Å². The zero-order chi connectivity index (χ0) is 21.4. The molecule has 1 aliphatic carbocycles. The highest BCUT2D eigenvalue weighted by molar-refractivity contribution is 6.34. The number of benzene rings is 2. The lowest BCUT2D eigenvalue weighted by molar-refractivity contribution is 0.0971. The van der Waals surface area contributed by atoms with Gasteiger partial charge in [-0.2, -0.15) is 0 Å². The minimum atomic E-state index is -0.590. The van der Waals surface area contributed by atoms with Gasteiger partial charge in [0.05, 0.1) is 10.7 Å². The number of nitrogens with one attached hydrogen (secondary N) is 1. The molecule has 5 nitrogen and oxygen atoms in total. The summed E-state index contributed by atoms with van der Waals surface area (Å²) in [6, 6.07) is 14.1. The molecule has 1 amide bonds. The van der Waals surface area contributed by atoms with Crippen molar-refractivity contribution in [2.45, 2.75) is 33.1 Å². The van der Waals surface area contributed by atoms with Crippen molar-refractivity contribution in [1.29, 1.82) is 0 Å². The summed E-state index contributed by atoms with van der Waals surface area (Å²) in [5.74, 6) is -0.646. The van der Waals surface area contributed by atoms with E-state index in [1.807, 2.05) is 44.2 Å². The van der Waals surface area contributed by atoms with Crippen LogP contribution in [0.15, 0.2) is 53.3 Å². The second kappa shape index (κ2) is 7.92. The van der Waals surface area contributed by atoms with Gasteiger partial charge in [-0.3, -0.25) is 19.0 Å². The second-order valence-electron chi connectivity index (χ2n) is 7.61. The molecule has 0 fully saturated rings. The molecule has 0 unspecified atom stereocenters.